The van der Waals surface area contributed by atoms with Gasteiger partial charge < -0.3 is 4.74 Å². The predicted octanol–water partition coefficient (Wildman–Crippen LogP) is -0.114. The second-order valence-electron chi connectivity index (χ2n) is 4.03. The molecule has 0 atom stereocenters. The molecule has 1 N–H and O–H groups in total. The van der Waals surface area contributed by atoms with Crippen LogP contribution in [0.3, 0.4) is 0 Å². The molecule has 18 heavy (non-hydrogen) atoms. The molecule has 1 heterocycles. The van der Waals surface area contributed by atoms with E-state index in [1.54, 1.807) is 0 Å². The maximum atomic E-state index is 11.4. The minimum absolute atomic E-state index is 0.107. The standard InChI is InChI=1S/C11H20N4O2S/c1-2-17-8-7-14-3-5-15(6-4-14)9-11(16)13-18-10-12/h2-9H2,1H3,(H,13,16). The number of carbonyl (C=O) groups excluding carboxylic acids is 1. The lowest BCUT2D eigenvalue weighted by atomic mass is 10.3. The summed E-state index contributed by atoms with van der Waals surface area (Å²) in [6.07, 6.45) is 0. The summed E-state index contributed by atoms with van der Waals surface area (Å²) >= 11 is 0.771. The van der Waals surface area contributed by atoms with Crippen molar-refractivity contribution in [3.63, 3.8) is 0 Å². The molecular formula is C11H20N4O2S. The molecule has 0 aliphatic carbocycles. The molecule has 1 saturated heterocycles. The fourth-order valence-electron chi connectivity index (χ4n) is 1.82. The van der Waals surface area contributed by atoms with Gasteiger partial charge in [0.1, 0.15) is 0 Å². The van der Waals surface area contributed by atoms with Crippen LogP contribution in [0.2, 0.25) is 0 Å². The number of rotatable bonds is 7. The van der Waals surface area contributed by atoms with Crippen LogP contribution in [0.15, 0.2) is 0 Å². The zero-order chi connectivity index (χ0) is 13.2. The summed E-state index contributed by atoms with van der Waals surface area (Å²) in [7, 11) is 0. The van der Waals surface area contributed by atoms with Gasteiger partial charge in [-0.15, -0.1) is 0 Å². The van der Waals surface area contributed by atoms with E-state index in [1.807, 2.05) is 12.3 Å². The molecule has 1 aliphatic rings. The Morgan fingerprint density at radius 1 is 1.39 bits per heavy atom. The highest BCUT2D eigenvalue weighted by Gasteiger charge is 2.18. The molecule has 6 nitrogen and oxygen atoms in total. The molecule has 102 valence electrons. The summed E-state index contributed by atoms with van der Waals surface area (Å²) in [6, 6.07) is 0. The number of hydrogen-bond donors (Lipinski definition) is 1. The number of nitrogens with zero attached hydrogens (tertiary/aromatic N) is 3. The van der Waals surface area contributed by atoms with E-state index in [4.69, 9.17) is 10.00 Å². The van der Waals surface area contributed by atoms with Crippen LogP contribution in [-0.2, 0) is 9.53 Å². The summed E-state index contributed by atoms with van der Waals surface area (Å²) in [5.74, 6) is -0.107. The van der Waals surface area contributed by atoms with Gasteiger partial charge in [0.05, 0.1) is 25.1 Å². The van der Waals surface area contributed by atoms with Gasteiger partial charge in [0.2, 0.25) is 5.91 Å². The number of hydrogen-bond acceptors (Lipinski definition) is 6. The van der Waals surface area contributed by atoms with Crippen LogP contribution in [-0.4, -0.2) is 68.2 Å². The Balaban J connectivity index is 2.11. The first kappa shape index (κ1) is 15.2. The predicted molar refractivity (Wildman–Crippen MR) is 70.7 cm³/mol. The number of ether oxygens (including phenoxy) is 1. The van der Waals surface area contributed by atoms with Gasteiger partial charge in [0, 0.05) is 39.3 Å². The summed E-state index contributed by atoms with van der Waals surface area (Å²) in [6.45, 7) is 8.56. The first-order valence-electron chi connectivity index (χ1n) is 6.12. The van der Waals surface area contributed by atoms with Crippen LogP contribution >= 0.6 is 11.9 Å². The summed E-state index contributed by atoms with van der Waals surface area (Å²) in [4.78, 5) is 15.8. The number of thiocyanates is 1. The fraction of sp³-hybridized carbons (Fsp3) is 0.818. The molecule has 0 bridgehead atoms. The van der Waals surface area contributed by atoms with Gasteiger partial charge in [-0.05, 0) is 6.92 Å². The smallest absolute Gasteiger partial charge is 0.244 e. The first-order valence-corrected chi connectivity index (χ1v) is 6.94. The Bertz CT molecular complexity index is 287. The van der Waals surface area contributed by atoms with Crippen molar-refractivity contribution in [2.75, 3.05) is 52.5 Å². The van der Waals surface area contributed by atoms with Gasteiger partial charge in [-0.2, -0.15) is 5.26 Å². The molecule has 1 rings (SSSR count). The van der Waals surface area contributed by atoms with E-state index < -0.39 is 0 Å². The maximum Gasteiger partial charge on any atom is 0.244 e. The van der Waals surface area contributed by atoms with Gasteiger partial charge >= 0.3 is 0 Å². The summed E-state index contributed by atoms with van der Waals surface area (Å²) < 4.78 is 7.79. The average molecular weight is 272 g/mol. The Hall–Kier alpha value is -0.810. The third kappa shape index (κ3) is 6.21. The molecule has 0 aromatic rings. The molecule has 1 fully saturated rings. The lowest BCUT2D eigenvalue weighted by Crippen LogP contribution is -2.49. The Labute approximate surface area is 112 Å². The van der Waals surface area contributed by atoms with Gasteiger partial charge in [-0.3, -0.25) is 19.3 Å². The van der Waals surface area contributed by atoms with Crippen LogP contribution in [0, 0.1) is 10.7 Å². The van der Waals surface area contributed by atoms with Crippen LogP contribution < -0.4 is 4.72 Å². The number of amides is 1. The van der Waals surface area contributed by atoms with Crippen molar-refractivity contribution < 1.29 is 9.53 Å². The lowest BCUT2D eigenvalue weighted by molar-refractivity contribution is -0.120. The number of nitriles is 1. The van der Waals surface area contributed by atoms with Crippen molar-refractivity contribution in [3.05, 3.63) is 0 Å². The van der Waals surface area contributed by atoms with Crippen molar-refractivity contribution >= 4 is 17.9 Å². The molecule has 0 saturated carbocycles. The van der Waals surface area contributed by atoms with Gasteiger partial charge in [0.15, 0.2) is 5.40 Å². The molecule has 0 unspecified atom stereocenters. The zero-order valence-electron chi connectivity index (χ0n) is 10.7. The van der Waals surface area contributed by atoms with E-state index in [2.05, 4.69) is 14.5 Å². The van der Waals surface area contributed by atoms with Gasteiger partial charge in [-0.1, -0.05) is 0 Å². The number of carbonyl (C=O) groups is 1. The Morgan fingerprint density at radius 2 is 2.06 bits per heavy atom. The molecule has 0 aromatic carbocycles. The van der Waals surface area contributed by atoms with Crippen LogP contribution in [0.4, 0.5) is 0 Å². The van der Waals surface area contributed by atoms with Crippen molar-refractivity contribution in [2.45, 2.75) is 6.92 Å². The Morgan fingerprint density at radius 3 is 2.67 bits per heavy atom. The molecule has 1 amide bonds. The van der Waals surface area contributed by atoms with E-state index in [-0.39, 0.29) is 5.91 Å². The highest BCUT2D eigenvalue weighted by molar-refractivity contribution is 8.02. The quantitative estimate of drug-likeness (QED) is 0.396. The van der Waals surface area contributed by atoms with Crippen molar-refractivity contribution in [1.82, 2.24) is 14.5 Å². The van der Waals surface area contributed by atoms with E-state index in [0.29, 0.717) is 6.54 Å². The molecular weight excluding hydrogens is 252 g/mol. The van der Waals surface area contributed by atoms with Crippen LogP contribution in [0.25, 0.3) is 0 Å². The van der Waals surface area contributed by atoms with E-state index in [0.717, 1.165) is 57.9 Å². The number of piperazine rings is 1. The maximum absolute atomic E-state index is 11.4. The largest absolute Gasteiger partial charge is 0.380 e. The normalized spacial score (nSPS) is 17.3. The minimum Gasteiger partial charge on any atom is -0.380 e. The van der Waals surface area contributed by atoms with Crippen molar-refractivity contribution in [3.8, 4) is 5.40 Å². The van der Waals surface area contributed by atoms with E-state index >= 15 is 0 Å². The highest BCUT2D eigenvalue weighted by atomic mass is 32.2. The lowest BCUT2D eigenvalue weighted by Gasteiger charge is -2.33. The van der Waals surface area contributed by atoms with E-state index in [1.165, 1.54) is 0 Å². The molecule has 0 spiro atoms. The number of nitrogens with one attached hydrogen (secondary N) is 1. The first-order chi connectivity index (χ1) is 8.76. The topological polar surface area (TPSA) is 68.6 Å². The Kier molecular flexibility index (Phi) is 7.76. The molecule has 1 aliphatic heterocycles. The SMILES string of the molecule is CCOCCN1CCN(CC(=O)NSC#N)CC1. The summed E-state index contributed by atoms with van der Waals surface area (Å²) in [5, 5.41) is 10.1. The van der Waals surface area contributed by atoms with Gasteiger partial charge in [0.25, 0.3) is 0 Å². The fourth-order valence-corrected chi connectivity index (χ4v) is 2.05. The van der Waals surface area contributed by atoms with E-state index in [9.17, 15) is 4.79 Å². The van der Waals surface area contributed by atoms with Crippen LogP contribution in [0.1, 0.15) is 6.92 Å². The summed E-state index contributed by atoms with van der Waals surface area (Å²) in [5.41, 5.74) is 0. The third-order valence-electron chi connectivity index (χ3n) is 2.80. The van der Waals surface area contributed by atoms with Crippen molar-refractivity contribution in [1.29, 1.82) is 5.26 Å². The second kappa shape index (κ2) is 9.16. The van der Waals surface area contributed by atoms with Crippen molar-refractivity contribution in [2.24, 2.45) is 0 Å². The zero-order valence-corrected chi connectivity index (χ0v) is 11.5. The average Bonchev–Trinajstić information content (AvgIpc) is 2.39. The highest BCUT2D eigenvalue weighted by Crippen LogP contribution is 2.01. The van der Waals surface area contributed by atoms with Gasteiger partial charge in [-0.25, -0.2) is 0 Å². The molecule has 7 heteroatoms. The molecule has 0 aromatic heterocycles. The third-order valence-corrected chi connectivity index (χ3v) is 3.22. The molecule has 0 radical (unpaired) electrons. The van der Waals surface area contributed by atoms with Crippen LogP contribution in [0.5, 0.6) is 0 Å². The second-order valence-corrected chi connectivity index (χ2v) is 4.62. The monoisotopic (exact) mass is 272 g/mol. The minimum atomic E-state index is -0.107.